The monoisotopic (exact) mass is 455 g/mol. The van der Waals surface area contributed by atoms with Crippen LogP contribution in [0.25, 0.3) is 0 Å². The molecule has 2 N–H and O–H groups in total. The van der Waals surface area contributed by atoms with E-state index < -0.39 is 18.0 Å². The van der Waals surface area contributed by atoms with E-state index >= 15 is 0 Å². The molecule has 33 heavy (non-hydrogen) atoms. The molecule has 0 spiro atoms. The number of nitrogens with zero attached hydrogens (tertiary/aromatic N) is 2. The first kappa shape index (κ1) is 23.9. The van der Waals surface area contributed by atoms with Gasteiger partial charge in [0.05, 0.1) is 26.5 Å². The van der Waals surface area contributed by atoms with Crippen LogP contribution < -0.4 is 19.5 Å². The summed E-state index contributed by atoms with van der Waals surface area (Å²) in [5.41, 5.74) is 2.37. The van der Waals surface area contributed by atoms with Crippen LogP contribution in [-0.2, 0) is 11.2 Å². The molecule has 1 aliphatic rings. The first-order valence-corrected chi connectivity index (χ1v) is 10.8. The third-order valence-corrected chi connectivity index (χ3v) is 5.27. The number of hydrogen-bond donors (Lipinski definition) is 2. The number of benzene rings is 2. The molecule has 3 rings (SSSR count). The van der Waals surface area contributed by atoms with Crippen molar-refractivity contribution in [3.8, 4) is 17.2 Å². The molecule has 0 saturated heterocycles. The van der Waals surface area contributed by atoms with E-state index in [2.05, 4.69) is 10.4 Å². The maximum atomic E-state index is 13.2. The van der Waals surface area contributed by atoms with Crippen LogP contribution in [0, 0.1) is 0 Å². The topological polar surface area (TPSA) is 110 Å². The van der Waals surface area contributed by atoms with E-state index in [0.717, 1.165) is 16.8 Å². The summed E-state index contributed by atoms with van der Waals surface area (Å²) < 4.78 is 16.1. The number of ether oxygens (including phenoxy) is 3. The van der Waals surface area contributed by atoms with E-state index in [4.69, 9.17) is 14.2 Å². The van der Waals surface area contributed by atoms with Crippen molar-refractivity contribution in [3.05, 3.63) is 53.6 Å². The molecule has 0 saturated carbocycles. The molecule has 9 heteroatoms. The Morgan fingerprint density at radius 3 is 2.52 bits per heavy atom. The third-order valence-electron chi connectivity index (χ3n) is 5.27. The van der Waals surface area contributed by atoms with E-state index in [1.54, 1.807) is 38.5 Å². The van der Waals surface area contributed by atoms with Crippen molar-refractivity contribution in [3.63, 3.8) is 0 Å². The van der Waals surface area contributed by atoms with Gasteiger partial charge in [-0.3, -0.25) is 4.79 Å². The lowest BCUT2D eigenvalue weighted by Gasteiger charge is -2.27. The highest BCUT2D eigenvalue weighted by Gasteiger charge is 2.28. The van der Waals surface area contributed by atoms with Crippen molar-refractivity contribution < 1.29 is 28.9 Å². The van der Waals surface area contributed by atoms with E-state index in [1.807, 2.05) is 25.1 Å². The van der Waals surface area contributed by atoms with Gasteiger partial charge in [-0.15, -0.1) is 0 Å². The lowest BCUT2D eigenvalue weighted by atomic mass is 10.0. The summed E-state index contributed by atoms with van der Waals surface area (Å²) in [6.45, 7) is 2.80. The second-order valence-corrected chi connectivity index (χ2v) is 7.46. The highest BCUT2D eigenvalue weighted by molar-refractivity contribution is 6.02. The molecule has 0 aromatic heterocycles. The first-order valence-electron chi connectivity index (χ1n) is 10.8. The van der Waals surface area contributed by atoms with Gasteiger partial charge in [-0.2, -0.15) is 5.10 Å². The Morgan fingerprint density at radius 2 is 1.88 bits per heavy atom. The summed E-state index contributed by atoms with van der Waals surface area (Å²) >= 11 is 0. The quantitative estimate of drug-likeness (QED) is 0.600. The molecule has 1 unspecified atom stereocenters. The number of carboxylic acid groups (broad SMARTS) is 1. The second-order valence-electron chi connectivity index (χ2n) is 7.46. The largest absolute Gasteiger partial charge is 0.497 e. The fourth-order valence-electron chi connectivity index (χ4n) is 3.65. The average molecular weight is 456 g/mol. The van der Waals surface area contributed by atoms with Crippen molar-refractivity contribution in [1.82, 2.24) is 10.3 Å². The number of carbonyl (C=O) groups excluding carboxylic acids is 1. The Hall–Kier alpha value is -3.75. The highest BCUT2D eigenvalue weighted by Crippen LogP contribution is 2.29. The number of methoxy groups -OCH3 is 2. The van der Waals surface area contributed by atoms with E-state index in [0.29, 0.717) is 43.2 Å². The molecule has 2 aromatic carbocycles. The predicted octanol–water partition coefficient (Wildman–Crippen LogP) is 3.31. The summed E-state index contributed by atoms with van der Waals surface area (Å²) in [5.74, 6) is 1.51. The minimum absolute atomic E-state index is 0.202. The number of carbonyl (C=O) groups is 2. The van der Waals surface area contributed by atoms with E-state index in [1.165, 1.54) is 5.01 Å². The maximum Gasteiger partial charge on any atom is 0.405 e. The summed E-state index contributed by atoms with van der Waals surface area (Å²) in [5, 5.41) is 17.5. The molecule has 0 aliphatic carbocycles. The highest BCUT2D eigenvalue weighted by atomic mass is 16.5. The van der Waals surface area contributed by atoms with Gasteiger partial charge in [0.2, 0.25) is 0 Å². The fraction of sp³-hybridized carbons (Fsp3) is 0.375. The van der Waals surface area contributed by atoms with Gasteiger partial charge < -0.3 is 24.6 Å². The molecule has 1 atom stereocenters. The average Bonchev–Trinajstić information content (AvgIpc) is 2.83. The van der Waals surface area contributed by atoms with Crippen molar-refractivity contribution in [1.29, 1.82) is 0 Å². The van der Waals surface area contributed by atoms with Crippen molar-refractivity contribution in [2.24, 2.45) is 5.10 Å². The number of rotatable bonds is 9. The molecule has 9 nitrogen and oxygen atoms in total. The molecule has 2 aromatic rings. The normalized spacial score (nSPS) is 14.2. The van der Waals surface area contributed by atoms with Gasteiger partial charge in [-0.05, 0) is 55.7 Å². The number of amides is 2. The number of nitrogens with one attached hydrogen (secondary N) is 1. The fourth-order valence-corrected chi connectivity index (χ4v) is 3.65. The van der Waals surface area contributed by atoms with Gasteiger partial charge in [-0.25, -0.2) is 9.80 Å². The SMILES string of the molecule is CCOc1cc(C2=NN(C(=O)C(Cc3ccc(OC)cc3)NC(=O)O)CCC2)ccc1OC. The lowest BCUT2D eigenvalue weighted by Crippen LogP contribution is -2.49. The molecule has 0 bridgehead atoms. The zero-order chi connectivity index (χ0) is 23.8. The maximum absolute atomic E-state index is 13.2. The van der Waals surface area contributed by atoms with Gasteiger partial charge in [0.25, 0.3) is 5.91 Å². The number of hydrogen-bond acceptors (Lipinski definition) is 6. The molecule has 0 fully saturated rings. The van der Waals surface area contributed by atoms with Crippen LogP contribution >= 0.6 is 0 Å². The van der Waals surface area contributed by atoms with Gasteiger partial charge >= 0.3 is 6.09 Å². The van der Waals surface area contributed by atoms with Crippen molar-refractivity contribution >= 4 is 17.7 Å². The van der Waals surface area contributed by atoms with E-state index in [9.17, 15) is 14.7 Å². The van der Waals surface area contributed by atoms with Crippen LogP contribution in [0.5, 0.6) is 17.2 Å². The smallest absolute Gasteiger partial charge is 0.405 e. The Morgan fingerprint density at radius 1 is 1.12 bits per heavy atom. The Kier molecular flexibility index (Phi) is 8.12. The summed E-state index contributed by atoms with van der Waals surface area (Å²) in [6.07, 6.45) is 0.340. The van der Waals surface area contributed by atoms with Crippen LogP contribution in [0.1, 0.15) is 30.9 Å². The molecule has 1 aliphatic heterocycles. The standard InChI is InChI=1S/C24H29N3O6/c1-4-33-22-15-17(9-12-21(22)32-3)19-6-5-13-27(26-19)23(28)20(25-24(29)30)14-16-7-10-18(31-2)11-8-16/h7-12,15,20,25H,4-6,13-14H2,1-3H3,(H,29,30). The molecule has 176 valence electrons. The van der Waals surface area contributed by atoms with Gasteiger partial charge in [0, 0.05) is 18.5 Å². The van der Waals surface area contributed by atoms with Crippen LogP contribution in [0.4, 0.5) is 4.79 Å². The Bertz CT molecular complexity index is 1010. The van der Waals surface area contributed by atoms with Crippen molar-refractivity contribution in [2.45, 2.75) is 32.2 Å². The zero-order valence-electron chi connectivity index (χ0n) is 19.0. The van der Waals surface area contributed by atoms with Crippen LogP contribution in [0.15, 0.2) is 47.6 Å². The van der Waals surface area contributed by atoms with Crippen LogP contribution in [-0.4, -0.2) is 61.2 Å². The first-order chi connectivity index (χ1) is 15.9. The summed E-state index contributed by atoms with van der Waals surface area (Å²) in [7, 11) is 3.15. The van der Waals surface area contributed by atoms with Crippen molar-refractivity contribution in [2.75, 3.05) is 27.4 Å². The molecule has 2 amide bonds. The Labute approximate surface area is 192 Å². The molecule has 1 heterocycles. The van der Waals surface area contributed by atoms with Gasteiger partial charge in [-0.1, -0.05) is 12.1 Å². The lowest BCUT2D eigenvalue weighted by molar-refractivity contribution is -0.133. The predicted molar refractivity (Wildman–Crippen MR) is 123 cm³/mol. The molecular weight excluding hydrogens is 426 g/mol. The summed E-state index contributed by atoms with van der Waals surface area (Å²) in [4.78, 5) is 24.6. The third kappa shape index (κ3) is 6.15. The minimum atomic E-state index is -1.26. The minimum Gasteiger partial charge on any atom is -0.497 e. The van der Waals surface area contributed by atoms with Crippen LogP contribution in [0.2, 0.25) is 0 Å². The molecular formula is C24H29N3O6. The van der Waals surface area contributed by atoms with Gasteiger partial charge in [0.15, 0.2) is 11.5 Å². The van der Waals surface area contributed by atoms with Crippen LogP contribution in [0.3, 0.4) is 0 Å². The number of hydrazone groups is 1. The van der Waals surface area contributed by atoms with Gasteiger partial charge in [0.1, 0.15) is 11.8 Å². The second kappa shape index (κ2) is 11.2. The summed E-state index contributed by atoms with van der Waals surface area (Å²) in [6, 6.07) is 11.7. The zero-order valence-corrected chi connectivity index (χ0v) is 19.0. The molecule has 0 radical (unpaired) electrons. The Balaban J connectivity index is 1.83. The van der Waals surface area contributed by atoms with E-state index in [-0.39, 0.29) is 6.42 Å².